The van der Waals surface area contributed by atoms with Gasteiger partial charge in [0.1, 0.15) is 5.75 Å². The Morgan fingerprint density at radius 2 is 1.92 bits per heavy atom. The average Bonchev–Trinajstić information content (AvgIpc) is 2.89. The van der Waals surface area contributed by atoms with Crippen LogP contribution < -0.4 is 15.8 Å². The Morgan fingerprint density at radius 3 is 2.69 bits per heavy atom. The number of phenols is 1. The molecule has 3 unspecified atom stereocenters. The molecule has 0 aliphatic heterocycles. The van der Waals surface area contributed by atoms with Crippen molar-refractivity contribution < 1.29 is 13.5 Å². The van der Waals surface area contributed by atoms with Crippen LogP contribution >= 0.6 is 0 Å². The Kier molecular flexibility index (Phi) is 9.09. The fourth-order valence-corrected chi connectivity index (χ4v) is 6.09. The highest BCUT2D eigenvalue weighted by atomic mass is 32.2. The first-order chi connectivity index (χ1) is 17.4. The van der Waals surface area contributed by atoms with Gasteiger partial charge in [0, 0.05) is 43.5 Å². The minimum Gasteiger partial charge on any atom is -0.508 e. The van der Waals surface area contributed by atoms with Crippen molar-refractivity contribution in [1.29, 1.82) is 0 Å². The number of aromatic hydroxyl groups is 1. The van der Waals surface area contributed by atoms with Crippen molar-refractivity contribution in [3.8, 4) is 5.75 Å². The summed E-state index contributed by atoms with van der Waals surface area (Å²) < 4.78 is 27.3. The second kappa shape index (κ2) is 12.5. The van der Waals surface area contributed by atoms with Crippen molar-refractivity contribution in [1.82, 2.24) is 15.0 Å². The number of nitrogens with one attached hydrogen (secondary N) is 2. The molecule has 3 atom stereocenters. The van der Waals surface area contributed by atoms with Crippen LogP contribution in [0.1, 0.15) is 48.3 Å². The van der Waals surface area contributed by atoms with Gasteiger partial charge in [-0.2, -0.15) is 0 Å². The lowest BCUT2D eigenvalue weighted by Gasteiger charge is -2.35. The predicted octanol–water partition coefficient (Wildman–Crippen LogP) is 3.49. The van der Waals surface area contributed by atoms with E-state index in [4.69, 9.17) is 5.73 Å². The number of fused-ring (bicyclic) bond motifs is 1. The van der Waals surface area contributed by atoms with Crippen molar-refractivity contribution in [3.05, 3.63) is 89.7 Å². The Labute approximate surface area is 214 Å². The summed E-state index contributed by atoms with van der Waals surface area (Å²) in [4.78, 5) is 4.57. The standard InChI is InChI=1S/C28H36N4O3S/c29-23(8-4-5-16-32-36(34,35)25-9-2-1-3-10-25)20-31-28-14-11-22-18-24(33)12-13-26(22)27(28)17-21-7-6-15-30-19-21/h1-3,6-7,9-10,12-13,15,18-19,23,27-28,31-33H,4-5,8,11,14,16-17,20,29H2. The number of benzene rings is 2. The Hall–Kier alpha value is -2.78. The summed E-state index contributed by atoms with van der Waals surface area (Å²) in [5, 5.41) is 13.7. The average molecular weight is 509 g/mol. The topological polar surface area (TPSA) is 117 Å². The van der Waals surface area contributed by atoms with Crippen molar-refractivity contribution in [2.75, 3.05) is 13.1 Å². The van der Waals surface area contributed by atoms with E-state index in [0.717, 1.165) is 38.5 Å². The zero-order valence-electron chi connectivity index (χ0n) is 20.5. The molecule has 3 aromatic rings. The highest BCUT2D eigenvalue weighted by molar-refractivity contribution is 7.89. The number of hydrogen-bond donors (Lipinski definition) is 4. The van der Waals surface area contributed by atoms with Gasteiger partial charge in [0.15, 0.2) is 0 Å². The van der Waals surface area contributed by atoms with Gasteiger partial charge < -0.3 is 16.2 Å². The Balaban J connectivity index is 1.26. The molecule has 36 heavy (non-hydrogen) atoms. The second-order valence-electron chi connectivity index (χ2n) is 9.58. The van der Waals surface area contributed by atoms with Gasteiger partial charge in [-0.25, -0.2) is 13.1 Å². The predicted molar refractivity (Wildman–Crippen MR) is 142 cm³/mol. The van der Waals surface area contributed by atoms with Crippen LogP contribution in [0.3, 0.4) is 0 Å². The summed E-state index contributed by atoms with van der Waals surface area (Å²) in [6, 6.07) is 18.5. The van der Waals surface area contributed by atoms with Crippen LogP contribution in [-0.4, -0.2) is 43.7 Å². The van der Waals surface area contributed by atoms with E-state index in [-0.39, 0.29) is 22.9 Å². The maximum Gasteiger partial charge on any atom is 0.240 e. The van der Waals surface area contributed by atoms with E-state index >= 15 is 0 Å². The number of unbranched alkanes of at least 4 members (excludes halogenated alkanes) is 1. The minimum absolute atomic E-state index is 0.00372. The van der Waals surface area contributed by atoms with Crippen LogP contribution in [0.15, 0.2) is 78.0 Å². The monoisotopic (exact) mass is 508 g/mol. The van der Waals surface area contributed by atoms with E-state index in [1.165, 1.54) is 16.7 Å². The SMILES string of the molecule is NC(CCCCNS(=O)(=O)c1ccccc1)CNC1CCc2cc(O)ccc2C1Cc1cccnc1. The number of nitrogens with zero attached hydrogens (tertiary/aromatic N) is 1. The third-order valence-electron chi connectivity index (χ3n) is 6.90. The summed E-state index contributed by atoms with van der Waals surface area (Å²) in [5.74, 6) is 0.589. The summed E-state index contributed by atoms with van der Waals surface area (Å²) in [6.07, 6.45) is 8.90. The molecule has 1 aliphatic carbocycles. The first kappa shape index (κ1) is 26.3. The maximum absolute atomic E-state index is 12.3. The number of aryl methyl sites for hydroxylation is 1. The van der Waals surface area contributed by atoms with Crippen molar-refractivity contribution >= 4 is 10.0 Å². The van der Waals surface area contributed by atoms with Gasteiger partial charge in [0.2, 0.25) is 10.0 Å². The summed E-state index contributed by atoms with van der Waals surface area (Å²) in [5.41, 5.74) is 10.1. The number of aromatic nitrogens is 1. The molecule has 5 N–H and O–H groups in total. The second-order valence-corrected chi connectivity index (χ2v) is 11.3. The third kappa shape index (κ3) is 7.13. The lowest BCUT2D eigenvalue weighted by molar-refractivity contribution is 0.366. The lowest BCUT2D eigenvalue weighted by Crippen LogP contribution is -2.44. The Bertz CT molecular complexity index is 1210. The molecule has 1 heterocycles. The van der Waals surface area contributed by atoms with Crippen LogP contribution in [-0.2, 0) is 22.9 Å². The molecule has 192 valence electrons. The van der Waals surface area contributed by atoms with Gasteiger partial charge in [-0.1, -0.05) is 36.8 Å². The molecular weight excluding hydrogens is 472 g/mol. The van der Waals surface area contributed by atoms with Gasteiger partial charge in [-0.15, -0.1) is 0 Å². The smallest absolute Gasteiger partial charge is 0.240 e. The van der Waals surface area contributed by atoms with Crippen LogP contribution in [0.25, 0.3) is 0 Å². The zero-order valence-corrected chi connectivity index (χ0v) is 21.3. The number of sulfonamides is 1. The molecule has 0 amide bonds. The molecule has 0 spiro atoms. The van der Waals surface area contributed by atoms with Gasteiger partial charge in [-0.3, -0.25) is 4.98 Å². The molecule has 1 aromatic heterocycles. The number of hydrogen-bond acceptors (Lipinski definition) is 6. The fourth-order valence-electron chi connectivity index (χ4n) is 4.99. The van der Waals surface area contributed by atoms with Gasteiger partial charge in [0.05, 0.1) is 4.90 Å². The molecule has 0 saturated heterocycles. The Morgan fingerprint density at radius 1 is 1.08 bits per heavy atom. The maximum atomic E-state index is 12.3. The van der Waals surface area contributed by atoms with E-state index in [1.54, 1.807) is 42.6 Å². The van der Waals surface area contributed by atoms with Crippen LogP contribution in [0.4, 0.5) is 0 Å². The van der Waals surface area contributed by atoms with E-state index in [2.05, 4.69) is 27.2 Å². The molecule has 4 rings (SSSR count). The molecule has 0 saturated carbocycles. The van der Waals surface area contributed by atoms with Crippen LogP contribution in [0.5, 0.6) is 5.75 Å². The zero-order chi connectivity index (χ0) is 25.4. The number of pyridine rings is 1. The van der Waals surface area contributed by atoms with Crippen LogP contribution in [0, 0.1) is 0 Å². The normalized spacial score (nSPS) is 18.5. The summed E-state index contributed by atoms with van der Waals surface area (Å²) in [7, 11) is -3.46. The lowest BCUT2D eigenvalue weighted by atomic mass is 9.76. The highest BCUT2D eigenvalue weighted by Crippen LogP contribution is 2.36. The molecule has 8 heteroatoms. The van der Waals surface area contributed by atoms with Crippen LogP contribution in [0.2, 0.25) is 0 Å². The molecule has 0 radical (unpaired) electrons. The largest absolute Gasteiger partial charge is 0.508 e. The number of phenolic OH excluding ortho intramolecular Hbond substituents is 1. The van der Waals surface area contributed by atoms with Crippen molar-refractivity contribution in [3.63, 3.8) is 0 Å². The molecule has 1 aliphatic rings. The number of nitrogens with two attached hydrogens (primary N) is 1. The molecule has 0 fully saturated rings. The highest BCUT2D eigenvalue weighted by Gasteiger charge is 2.30. The molecular formula is C28H36N4O3S. The van der Waals surface area contributed by atoms with E-state index in [0.29, 0.717) is 18.8 Å². The van der Waals surface area contributed by atoms with Crippen molar-refractivity contribution in [2.45, 2.75) is 61.4 Å². The first-order valence-electron chi connectivity index (χ1n) is 12.7. The van der Waals surface area contributed by atoms with E-state index in [1.807, 2.05) is 18.3 Å². The molecule has 7 nitrogen and oxygen atoms in total. The van der Waals surface area contributed by atoms with Gasteiger partial charge in [-0.05, 0) is 79.1 Å². The van der Waals surface area contributed by atoms with Gasteiger partial charge in [0.25, 0.3) is 0 Å². The van der Waals surface area contributed by atoms with Crippen molar-refractivity contribution in [2.24, 2.45) is 5.73 Å². The van der Waals surface area contributed by atoms with Gasteiger partial charge >= 0.3 is 0 Å². The summed E-state index contributed by atoms with van der Waals surface area (Å²) >= 11 is 0. The molecule has 0 bridgehead atoms. The van der Waals surface area contributed by atoms with E-state index < -0.39 is 10.0 Å². The fraction of sp³-hybridized carbons (Fsp3) is 0.393. The first-order valence-corrected chi connectivity index (χ1v) is 14.1. The molecule has 2 aromatic carbocycles. The minimum atomic E-state index is -3.46. The quantitative estimate of drug-likeness (QED) is 0.278. The summed E-state index contributed by atoms with van der Waals surface area (Å²) in [6.45, 7) is 1.11. The number of rotatable bonds is 12. The van der Waals surface area contributed by atoms with E-state index in [9.17, 15) is 13.5 Å². The third-order valence-corrected chi connectivity index (χ3v) is 8.38.